The van der Waals surface area contributed by atoms with Crippen molar-refractivity contribution in [2.75, 3.05) is 11.5 Å². The minimum absolute atomic E-state index is 0. The first-order valence-electron chi connectivity index (χ1n) is 3.02. The zero-order valence-electron chi connectivity index (χ0n) is 6.73. The third kappa shape index (κ3) is 3.32. The summed E-state index contributed by atoms with van der Waals surface area (Å²) >= 11 is 0. The van der Waals surface area contributed by atoms with Crippen LogP contribution >= 0.6 is 0 Å². The first kappa shape index (κ1) is 13.0. The summed E-state index contributed by atoms with van der Waals surface area (Å²) in [5.74, 6) is 0. The second kappa shape index (κ2) is 4.47. The van der Waals surface area contributed by atoms with E-state index in [0.29, 0.717) is 5.69 Å². The molecule has 1 aromatic carbocycles. The molecule has 0 spiro atoms. The molecule has 1 rings (SSSR count). The Morgan fingerprint density at radius 3 is 2.15 bits per heavy atom. The number of nitrogen functional groups attached to an aromatic ring is 2. The molecule has 0 aliphatic carbocycles. The molecule has 13 heavy (non-hydrogen) atoms. The van der Waals surface area contributed by atoms with Crippen LogP contribution in [0.2, 0.25) is 0 Å². The number of hydrogen-bond acceptors (Lipinski definition) is 5. The van der Waals surface area contributed by atoms with Crippen molar-refractivity contribution in [3.8, 4) is 0 Å². The number of benzene rings is 1. The van der Waals surface area contributed by atoms with Gasteiger partial charge in [0.2, 0.25) is 0 Å². The summed E-state index contributed by atoms with van der Waals surface area (Å²) < 4.78 is 31.5. The van der Waals surface area contributed by atoms with Crippen LogP contribution in [0.15, 0.2) is 23.1 Å². The molecule has 5 nitrogen and oxygen atoms in total. The summed E-state index contributed by atoms with van der Waals surface area (Å²) in [5, 5.41) is 0. The quantitative estimate of drug-likeness (QED) is 0.377. The second-order valence-corrected chi connectivity index (χ2v) is 3.60. The van der Waals surface area contributed by atoms with Crippen molar-refractivity contribution in [1.29, 1.82) is 0 Å². The Morgan fingerprint density at radius 2 is 1.77 bits per heavy atom. The Bertz CT molecular complexity index is 404. The largest absolute Gasteiger partial charge is 2.00 e. The van der Waals surface area contributed by atoms with E-state index in [1.807, 2.05) is 0 Å². The molecule has 0 radical (unpaired) electrons. The number of rotatable bonds is 1. The smallest absolute Gasteiger partial charge is 0.744 e. The van der Waals surface area contributed by atoms with Gasteiger partial charge in [-0.05, 0) is 18.2 Å². The van der Waals surface area contributed by atoms with Gasteiger partial charge in [-0.25, -0.2) is 8.42 Å². The molecule has 0 heterocycles. The van der Waals surface area contributed by atoms with Crippen LogP contribution < -0.4 is 11.5 Å². The van der Waals surface area contributed by atoms with Crippen LogP contribution in [0.25, 0.3) is 0 Å². The van der Waals surface area contributed by atoms with Crippen LogP contribution in [0.3, 0.4) is 0 Å². The zero-order chi connectivity index (χ0) is 9.35. The van der Waals surface area contributed by atoms with Crippen molar-refractivity contribution >= 4 is 59.2 Å². The monoisotopic (exact) mass is 227 g/mol. The Morgan fingerprint density at radius 1 is 1.23 bits per heavy atom. The summed E-state index contributed by atoms with van der Waals surface area (Å²) in [6.07, 6.45) is 0. The predicted octanol–water partition coefficient (Wildman–Crippen LogP) is -0.626. The molecule has 7 heteroatoms. The van der Waals surface area contributed by atoms with Crippen molar-refractivity contribution in [3.63, 3.8) is 0 Å². The van der Waals surface area contributed by atoms with E-state index in [9.17, 15) is 13.0 Å². The van der Waals surface area contributed by atoms with Gasteiger partial charge in [-0.1, -0.05) is 0 Å². The Balaban J connectivity index is 0.00000144. The van der Waals surface area contributed by atoms with Gasteiger partial charge in [0.25, 0.3) is 0 Å². The molecule has 1 aromatic rings. The van der Waals surface area contributed by atoms with Crippen LogP contribution in [0.1, 0.15) is 0 Å². The van der Waals surface area contributed by atoms with Crippen LogP contribution in [-0.4, -0.2) is 50.7 Å². The Labute approximate surface area is 106 Å². The SMILES string of the molecule is Nc1ccc(S(=O)(=O)[O-])c(N)c1.[Ca+2]. The maximum atomic E-state index is 10.5. The fourth-order valence-corrected chi connectivity index (χ4v) is 1.38. The molecule has 66 valence electrons. The summed E-state index contributed by atoms with van der Waals surface area (Å²) in [6, 6.07) is 3.62. The molecular weight excluding hydrogens is 220 g/mol. The van der Waals surface area contributed by atoms with Gasteiger partial charge in [-0.2, -0.15) is 0 Å². The van der Waals surface area contributed by atoms with Gasteiger partial charge in [0, 0.05) is 5.69 Å². The van der Waals surface area contributed by atoms with Gasteiger partial charge in [0.05, 0.1) is 10.6 Å². The van der Waals surface area contributed by atoms with Gasteiger partial charge in [0.15, 0.2) is 0 Å². The fraction of sp³-hybridized carbons (Fsp3) is 0. The van der Waals surface area contributed by atoms with E-state index in [-0.39, 0.29) is 43.4 Å². The summed E-state index contributed by atoms with van der Waals surface area (Å²) in [6.45, 7) is 0. The minimum Gasteiger partial charge on any atom is -0.744 e. The summed E-state index contributed by atoms with van der Waals surface area (Å²) in [7, 11) is -4.48. The molecule has 0 amide bonds. The van der Waals surface area contributed by atoms with Gasteiger partial charge in [-0.15, -0.1) is 0 Å². The Hall–Kier alpha value is -0.0103. The molecule has 0 saturated heterocycles. The van der Waals surface area contributed by atoms with E-state index in [1.54, 1.807) is 0 Å². The first-order chi connectivity index (χ1) is 5.41. The maximum Gasteiger partial charge on any atom is 2.00 e. The van der Waals surface area contributed by atoms with Gasteiger partial charge < -0.3 is 16.0 Å². The summed E-state index contributed by atoms with van der Waals surface area (Å²) in [5.41, 5.74) is 10.7. The fourth-order valence-electron chi connectivity index (χ4n) is 0.795. The Kier molecular flexibility index (Phi) is 4.47. The minimum atomic E-state index is -4.48. The molecule has 0 bridgehead atoms. The number of hydrogen-bond donors (Lipinski definition) is 2. The van der Waals surface area contributed by atoms with Crippen molar-refractivity contribution in [2.45, 2.75) is 4.90 Å². The van der Waals surface area contributed by atoms with Gasteiger partial charge in [0.1, 0.15) is 10.1 Å². The molecular formula is C6H7CaN2O3S+. The van der Waals surface area contributed by atoms with Crippen LogP contribution in [0, 0.1) is 0 Å². The molecule has 0 fully saturated rings. The van der Waals surface area contributed by atoms with E-state index >= 15 is 0 Å². The number of nitrogens with two attached hydrogens (primary N) is 2. The van der Waals surface area contributed by atoms with Crippen molar-refractivity contribution in [3.05, 3.63) is 18.2 Å². The van der Waals surface area contributed by atoms with E-state index in [2.05, 4.69) is 0 Å². The molecule has 0 unspecified atom stereocenters. The molecule has 0 saturated carbocycles. The predicted molar refractivity (Wildman–Crippen MR) is 49.0 cm³/mol. The van der Waals surface area contributed by atoms with Crippen LogP contribution in [-0.2, 0) is 10.1 Å². The van der Waals surface area contributed by atoms with Crippen molar-refractivity contribution in [2.24, 2.45) is 0 Å². The topological polar surface area (TPSA) is 109 Å². The van der Waals surface area contributed by atoms with Crippen molar-refractivity contribution in [1.82, 2.24) is 0 Å². The van der Waals surface area contributed by atoms with E-state index in [4.69, 9.17) is 11.5 Å². The molecule has 0 aliphatic rings. The third-order valence-electron chi connectivity index (χ3n) is 1.30. The van der Waals surface area contributed by atoms with E-state index in [0.717, 1.165) is 6.07 Å². The molecule has 4 N–H and O–H groups in total. The molecule has 0 aromatic heterocycles. The standard InChI is InChI=1S/C6H8N2O3S.Ca/c7-4-1-2-6(5(8)3-4)12(9,10)11;/h1-3H,7-8H2,(H,9,10,11);/q;+2/p-1. The molecule has 0 aliphatic heterocycles. The second-order valence-electron chi connectivity index (χ2n) is 2.25. The van der Waals surface area contributed by atoms with Gasteiger partial charge in [-0.3, -0.25) is 0 Å². The normalized spacial score (nSPS) is 10.5. The third-order valence-corrected chi connectivity index (χ3v) is 2.21. The van der Waals surface area contributed by atoms with Crippen LogP contribution in [0.5, 0.6) is 0 Å². The average molecular weight is 227 g/mol. The summed E-state index contributed by atoms with van der Waals surface area (Å²) in [4.78, 5) is -0.434. The number of anilines is 2. The first-order valence-corrected chi connectivity index (χ1v) is 4.43. The van der Waals surface area contributed by atoms with E-state index < -0.39 is 15.0 Å². The zero-order valence-corrected chi connectivity index (χ0v) is 9.75. The molecule has 0 atom stereocenters. The van der Waals surface area contributed by atoms with Crippen molar-refractivity contribution < 1.29 is 13.0 Å². The average Bonchev–Trinajstić information content (AvgIpc) is 1.83. The van der Waals surface area contributed by atoms with Crippen LogP contribution in [0.4, 0.5) is 11.4 Å². The maximum absolute atomic E-state index is 10.5. The van der Waals surface area contributed by atoms with Gasteiger partial charge >= 0.3 is 37.7 Å². The van der Waals surface area contributed by atoms with E-state index in [1.165, 1.54) is 12.1 Å².